The Bertz CT molecular complexity index is 494. The van der Waals surface area contributed by atoms with Gasteiger partial charge >= 0.3 is 0 Å². The van der Waals surface area contributed by atoms with E-state index in [4.69, 9.17) is 4.42 Å². The Kier molecular flexibility index (Phi) is 5.30. The quantitative estimate of drug-likeness (QED) is 0.816. The number of rotatable bonds is 7. The summed E-state index contributed by atoms with van der Waals surface area (Å²) in [5.41, 5.74) is 1.08. The smallest absolute Gasteiger partial charge is 0.263 e. The van der Waals surface area contributed by atoms with Crippen LogP contribution >= 0.6 is 0 Å². The lowest BCUT2D eigenvalue weighted by Crippen LogP contribution is -2.25. The van der Waals surface area contributed by atoms with E-state index in [1.165, 1.54) is 12.1 Å². The van der Waals surface area contributed by atoms with Crippen molar-refractivity contribution in [2.24, 2.45) is 0 Å². The fourth-order valence-electron chi connectivity index (χ4n) is 1.99. The zero-order valence-corrected chi connectivity index (χ0v) is 11.5. The van der Waals surface area contributed by atoms with Crippen molar-refractivity contribution in [2.45, 2.75) is 38.8 Å². The SMILES string of the molecule is CC(CCc1ccco1)NCc1ccc(C(F)F)cc1. The minimum atomic E-state index is -2.40. The van der Waals surface area contributed by atoms with Crippen molar-refractivity contribution in [3.63, 3.8) is 0 Å². The van der Waals surface area contributed by atoms with Crippen LogP contribution < -0.4 is 5.32 Å². The molecule has 0 radical (unpaired) electrons. The van der Waals surface area contributed by atoms with Crippen molar-refractivity contribution < 1.29 is 13.2 Å². The van der Waals surface area contributed by atoms with Gasteiger partial charge < -0.3 is 9.73 Å². The van der Waals surface area contributed by atoms with Crippen molar-refractivity contribution in [3.8, 4) is 0 Å². The van der Waals surface area contributed by atoms with E-state index in [9.17, 15) is 8.78 Å². The molecule has 0 saturated carbocycles. The Labute approximate surface area is 117 Å². The van der Waals surface area contributed by atoms with Crippen LogP contribution in [0.3, 0.4) is 0 Å². The van der Waals surface area contributed by atoms with E-state index in [0.29, 0.717) is 12.6 Å². The molecular weight excluding hydrogens is 260 g/mol. The highest BCUT2D eigenvalue weighted by Gasteiger charge is 2.07. The summed E-state index contributed by atoms with van der Waals surface area (Å²) < 4.78 is 30.1. The van der Waals surface area contributed by atoms with Crippen LogP contribution in [0.5, 0.6) is 0 Å². The molecule has 0 saturated heterocycles. The molecule has 1 aromatic heterocycles. The number of furan rings is 1. The molecule has 2 aromatic rings. The lowest BCUT2D eigenvalue weighted by molar-refractivity contribution is 0.151. The molecule has 0 bridgehead atoms. The number of nitrogens with one attached hydrogen (secondary N) is 1. The van der Waals surface area contributed by atoms with Gasteiger partial charge in [-0.3, -0.25) is 0 Å². The fourth-order valence-corrected chi connectivity index (χ4v) is 1.99. The molecule has 1 atom stereocenters. The van der Waals surface area contributed by atoms with Gasteiger partial charge in [0.1, 0.15) is 5.76 Å². The predicted octanol–water partition coefficient (Wildman–Crippen LogP) is 4.33. The summed E-state index contributed by atoms with van der Waals surface area (Å²) in [7, 11) is 0. The Morgan fingerprint density at radius 3 is 2.50 bits per heavy atom. The highest BCUT2D eigenvalue weighted by Crippen LogP contribution is 2.18. The fraction of sp³-hybridized carbons (Fsp3) is 0.375. The van der Waals surface area contributed by atoms with Crippen LogP contribution in [-0.2, 0) is 13.0 Å². The molecule has 1 heterocycles. The van der Waals surface area contributed by atoms with Crippen molar-refractivity contribution in [1.82, 2.24) is 5.32 Å². The van der Waals surface area contributed by atoms with E-state index in [1.807, 2.05) is 12.1 Å². The number of halogens is 2. The van der Waals surface area contributed by atoms with Crippen molar-refractivity contribution in [2.75, 3.05) is 0 Å². The van der Waals surface area contributed by atoms with Gasteiger partial charge in [0.25, 0.3) is 6.43 Å². The molecule has 2 rings (SSSR count). The van der Waals surface area contributed by atoms with Crippen LogP contribution in [-0.4, -0.2) is 6.04 Å². The molecule has 108 valence electrons. The van der Waals surface area contributed by atoms with Gasteiger partial charge in [-0.05, 0) is 31.0 Å². The Hall–Kier alpha value is -1.68. The second-order valence-corrected chi connectivity index (χ2v) is 4.94. The molecule has 1 aromatic carbocycles. The van der Waals surface area contributed by atoms with E-state index in [1.54, 1.807) is 18.4 Å². The second kappa shape index (κ2) is 7.20. The Morgan fingerprint density at radius 1 is 1.15 bits per heavy atom. The average Bonchev–Trinajstić information content (AvgIpc) is 2.96. The second-order valence-electron chi connectivity index (χ2n) is 4.94. The summed E-state index contributed by atoms with van der Waals surface area (Å²) in [6.45, 7) is 2.79. The van der Waals surface area contributed by atoms with Gasteiger partial charge in [0, 0.05) is 24.6 Å². The molecule has 0 spiro atoms. The average molecular weight is 279 g/mol. The molecule has 0 aliphatic heterocycles. The van der Waals surface area contributed by atoms with Crippen molar-refractivity contribution in [3.05, 3.63) is 59.5 Å². The van der Waals surface area contributed by atoms with Gasteiger partial charge in [-0.15, -0.1) is 0 Å². The van der Waals surface area contributed by atoms with E-state index in [0.717, 1.165) is 24.2 Å². The lowest BCUT2D eigenvalue weighted by atomic mass is 10.1. The molecule has 4 heteroatoms. The van der Waals surface area contributed by atoms with Gasteiger partial charge in [0.05, 0.1) is 6.26 Å². The number of alkyl halides is 2. The van der Waals surface area contributed by atoms with Crippen molar-refractivity contribution >= 4 is 0 Å². The van der Waals surface area contributed by atoms with Crippen LogP contribution in [0.25, 0.3) is 0 Å². The topological polar surface area (TPSA) is 25.2 Å². The highest BCUT2D eigenvalue weighted by molar-refractivity contribution is 5.23. The van der Waals surface area contributed by atoms with E-state index >= 15 is 0 Å². The van der Waals surface area contributed by atoms with Gasteiger partial charge in [-0.1, -0.05) is 24.3 Å². The molecule has 0 aliphatic carbocycles. The maximum absolute atomic E-state index is 12.4. The molecule has 0 fully saturated rings. The number of hydrogen-bond donors (Lipinski definition) is 1. The minimum absolute atomic E-state index is 0.0691. The number of aryl methyl sites for hydroxylation is 1. The van der Waals surface area contributed by atoms with Crippen LogP contribution in [0.2, 0.25) is 0 Å². The van der Waals surface area contributed by atoms with Gasteiger partial charge in [0.15, 0.2) is 0 Å². The Balaban J connectivity index is 1.73. The largest absolute Gasteiger partial charge is 0.469 e. The first-order chi connectivity index (χ1) is 9.65. The van der Waals surface area contributed by atoms with Crippen LogP contribution in [0.1, 0.15) is 36.7 Å². The summed E-state index contributed by atoms with van der Waals surface area (Å²) >= 11 is 0. The van der Waals surface area contributed by atoms with Crippen molar-refractivity contribution in [1.29, 1.82) is 0 Å². The third-order valence-corrected chi connectivity index (χ3v) is 3.29. The molecule has 20 heavy (non-hydrogen) atoms. The molecule has 0 aliphatic rings. The summed E-state index contributed by atoms with van der Waals surface area (Å²) in [5, 5.41) is 3.38. The Morgan fingerprint density at radius 2 is 1.90 bits per heavy atom. The molecule has 1 unspecified atom stereocenters. The summed E-state index contributed by atoms with van der Waals surface area (Å²) in [4.78, 5) is 0. The van der Waals surface area contributed by atoms with E-state index in [-0.39, 0.29) is 5.56 Å². The maximum atomic E-state index is 12.4. The molecular formula is C16H19F2NO. The number of hydrogen-bond acceptors (Lipinski definition) is 2. The zero-order valence-electron chi connectivity index (χ0n) is 11.5. The van der Waals surface area contributed by atoms with E-state index < -0.39 is 6.43 Å². The molecule has 1 N–H and O–H groups in total. The number of benzene rings is 1. The molecule has 0 amide bonds. The maximum Gasteiger partial charge on any atom is 0.263 e. The third-order valence-electron chi connectivity index (χ3n) is 3.29. The summed E-state index contributed by atoms with van der Waals surface area (Å²) in [6, 6.07) is 10.6. The van der Waals surface area contributed by atoms with Crippen LogP contribution in [0.4, 0.5) is 8.78 Å². The zero-order chi connectivity index (χ0) is 14.4. The minimum Gasteiger partial charge on any atom is -0.469 e. The lowest BCUT2D eigenvalue weighted by Gasteiger charge is -2.13. The monoisotopic (exact) mass is 279 g/mol. The normalized spacial score (nSPS) is 12.8. The summed E-state index contributed by atoms with van der Waals surface area (Å²) in [6.07, 6.45) is 1.15. The van der Waals surface area contributed by atoms with Crippen LogP contribution in [0, 0.1) is 0 Å². The summed E-state index contributed by atoms with van der Waals surface area (Å²) in [5.74, 6) is 0.986. The van der Waals surface area contributed by atoms with Gasteiger partial charge in [0.2, 0.25) is 0 Å². The highest BCUT2D eigenvalue weighted by atomic mass is 19.3. The first kappa shape index (κ1) is 14.7. The van der Waals surface area contributed by atoms with Crippen LogP contribution in [0.15, 0.2) is 47.1 Å². The molecule has 2 nitrogen and oxygen atoms in total. The first-order valence-electron chi connectivity index (χ1n) is 6.78. The van der Waals surface area contributed by atoms with Gasteiger partial charge in [-0.2, -0.15) is 0 Å². The van der Waals surface area contributed by atoms with Gasteiger partial charge in [-0.25, -0.2) is 8.78 Å². The van der Waals surface area contributed by atoms with E-state index in [2.05, 4.69) is 12.2 Å². The predicted molar refractivity (Wildman–Crippen MR) is 74.7 cm³/mol. The third kappa shape index (κ3) is 4.46. The standard InChI is InChI=1S/C16H19F2NO/c1-12(4-9-15-3-2-10-20-15)19-11-13-5-7-14(8-6-13)16(17)18/h2-3,5-8,10,12,16,19H,4,9,11H2,1H3. The first-order valence-corrected chi connectivity index (χ1v) is 6.78.